The Hall–Kier alpha value is -2.72. The van der Waals surface area contributed by atoms with E-state index in [0.29, 0.717) is 24.9 Å². The fraction of sp³-hybridized carbons (Fsp3) is 0.484. The van der Waals surface area contributed by atoms with Crippen molar-refractivity contribution >= 4 is 29.8 Å². The molecule has 4 rings (SSSR count). The fourth-order valence-electron chi connectivity index (χ4n) is 5.27. The lowest BCUT2D eigenvalue weighted by molar-refractivity contribution is 0.0978. The molecule has 0 aliphatic carbocycles. The largest absolute Gasteiger partial charge is 0.366 e. The minimum absolute atomic E-state index is 0.266. The molecule has 2 atom stereocenters. The summed E-state index contributed by atoms with van der Waals surface area (Å²) >= 11 is 0. The highest BCUT2D eigenvalue weighted by molar-refractivity contribution is 5.97. The molecule has 2 aromatic rings. The van der Waals surface area contributed by atoms with Crippen LogP contribution in [0.15, 0.2) is 47.5 Å². The van der Waals surface area contributed by atoms with Crippen LogP contribution in [0.5, 0.6) is 0 Å². The number of ketones is 1. The van der Waals surface area contributed by atoms with E-state index in [2.05, 4.69) is 89.9 Å². The SMILES string of the molecule is CCCCC(=O)c1ccc(N(CCc2ccccc2)C2CCCNC2)c2c1=CCC(C)C=NCC=2. The van der Waals surface area contributed by atoms with Crippen molar-refractivity contribution in [2.45, 2.75) is 64.8 Å². The van der Waals surface area contributed by atoms with Crippen LogP contribution in [-0.2, 0) is 6.42 Å². The Morgan fingerprint density at radius 1 is 1.11 bits per heavy atom. The number of carbonyl (C=O) groups excluding carboxylic acids is 1. The predicted molar refractivity (Wildman–Crippen MR) is 149 cm³/mol. The van der Waals surface area contributed by atoms with Gasteiger partial charge in [0.25, 0.3) is 0 Å². The van der Waals surface area contributed by atoms with E-state index in [9.17, 15) is 4.79 Å². The Labute approximate surface area is 210 Å². The molecule has 0 radical (unpaired) electrons. The molecule has 35 heavy (non-hydrogen) atoms. The summed E-state index contributed by atoms with van der Waals surface area (Å²) in [5.74, 6) is 0.635. The number of nitrogens with zero attached hydrogens (tertiary/aromatic N) is 2. The highest BCUT2D eigenvalue weighted by Gasteiger charge is 2.23. The number of piperidine rings is 1. The molecule has 0 bridgehead atoms. The summed E-state index contributed by atoms with van der Waals surface area (Å²) in [5.41, 5.74) is 3.49. The van der Waals surface area contributed by atoms with Crippen molar-refractivity contribution in [1.29, 1.82) is 0 Å². The van der Waals surface area contributed by atoms with Gasteiger partial charge in [0.2, 0.25) is 0 Å². The lowest BCUT2D eigenvalue weighted by Crippen LogP contribution is -2.50. The number of rotatable bonds is 9. The first-order chi connectivity index (χ1) is 17.2. The maximum absolute atomic E-state index is 13.2. The van der Waals surface area contributed by atoms with Crippen molar-refractivity contribution in [3.63, 3.8) is 0 Å². The molecule has 0 amide bonds. The number of nitrogens with one attached hydrogen (secondary N) is 1. The van der Waals surface area contributed by atoms with E-state index in [1.165, 1.54) is 29.3 Å². The number of carbonyl (C=O) groups is 1. The maximum Gasteiger partial charge on any atom is 0.163 e. The molecule has 1 N–H and O–H groups in total. The van der Waals surface area contributed by atoms with Crippen molar-refractivity contribution in [2.24, 2.45) is 10.9 Å². The average Bonchev–Trinajstić information content (AvgIpc) is 2.99. The summed E-state index contributed by atoms with van der Waals surface area (Å²) in [6.07, 6.45) is 13.5. The van der Waals surface area contributed by atoms with Crippen LogP contribution < -0.4 is 20.7 Å². The summed E-state index contributed by atoms with van der Waals surface area (Å²) < 4.78 is 0. The Bertz CT molecular complexity index is 1120. The minimum atomic E-state index is 0.266. The van der Waals surface area contributed by atoms with E-state index in [4.69, 9.17) is 0 Å². The van der Waals surface area contributed by atoms with Gasteiger partial charge in [-0.3, -0.25) is 9.79 Å². The van der Waals surface area contributed by atoms with Crippen LogP contribution >= 0.6 is 0 Å². The Morgan fingerprint density at radius 3 is 2.74 bits per heavy atom. The zero-order chi connectivity index (χ0) is 24.5. The van der Waals surface area contributed by atoms with Crippen LogP contribution in [0, 0.1) is 5.92 Å². The number of unbranched alkanes of at least 4 members (excludes halogenated alkanes) is 1. The smallest absolute Gasteiger partial charge is 0.163 e. The van der Waals surface area contributed by atoms with Gasteiger partial charge in [0.05, 0.1) is 6.54 Å². The first-order valence-corrected chi connectivity index (χ1v) is 13.5. The number of hydrogen-bond acceptors (Lipinski definition) is 4. The molecule has 4 nitrogen and oxygen atoms in total. The molecule has 1 saturated heterocycles. The van der Waals surface area contributed by atoms with E-state index in [-0.39, 0.29) is 5.78 Å². The molecule has 2 heterocycles. The van der Waals surface area contributed by atoms with Gasteiger partial charge < -0.3 is 10.2 Å². The topological polar surface area (TPSA) is 44.7 Å². The number of hydrogen-bond donors (Lipinski definition) is 1. The molecule has 2 aliphatic rings. The quantitative estimate of drug-likeness (QED) is 0.547. The summed E-state index contributed by atoms with van der Waals surface area (Å²) in [5, 5.41) is 5.93. The zero-order valence-electron chi connectivity index (χ0n) is 21.5. The van der Waals surface area contributed by atoms with E-state index in [1.807, 2.05) is 0 Å². The number of Topliss-reactive ketones (excluding diaryl/α,β-unsaturated/α-hetero) is 1. The van der Waals surface area contributed by atoms with Gasteiger partial charge in [0, 0.05) is 48.2 Å². The first-order valence-electron chi connectivity index (χ1n) is 13.5. The second kappa shape index (κ2) is 12.8. The number of aliphatic imine (C=N–C) groups is 1. The van der Waals surface area contributed by atoms with Crippen LogP contribution in [0.4, 0.5) is 5.69 Å². The Kier molecular flexibility index (Phi) is 9.30. The molecular formula is C31H41N3O. The number of anilines is 1. The first kappa shape index (κ1) is 25.4. The molecule has 0 saturated carbocycles. The Morgan fingerprint density at radius 2 is 1.97 bits per heavy atom. The van der Waals surface area contributed by atoms with Crippen LogP contribution in [0.3, 0.4) is 0 Å². The highest BCUT2D eigenvalue weighted by atomic mass is 16.1. The predicted octanol–water partition coefficient (Wildman–Crippen LogP) is 4.53. The van der Waals surface area contributed by atoms with Crippen LogP contribution in [0.25, 0.3) is 12.2 Å². The number of fused-ring (bicyclic) bond motifs is 1. The van der Waals surface area contributed by atoms with Crippen LogP contribution in [0.1, 0.15) is 68.3 Å². The third-order valence-electron chi connectivity index (χ3n) is 7.28. The second-order valence-corrected chi connectivity index (χ2v) is 10.1. The van der Waals surface area contributed by atoms with E-state index < -0.39 is 0 Å². The van der Waals surface area contributed by atoms with Gasteiger partial charge in [-0.2, -0.15) is 0 Å². The molecule has 4 heteroatoms. The molecule has 2 aromatic carbocycles. The molecule has 0 aromatic heterocycles. The van der Waals surface area contributed by atoms with Gasteiger partial charge in [-0.25, -0.2) is 0 Å². The lowest BCUT2D eigenvalue weighted by atomic mass is 9.96. The van der Waals surface area contributed by atoms with Gasteiger partial charge in [0.15, 0.2) is 5.78 Å². The average molecular weight is 472 g/mol. The molecule has 2 unspecified atom stereocenters. The van der Waals surface area contributed by atoms with E-state index >= 15 is 0 Å². The van der Waals surface area contributed by atoms with Gasteiger partial charge >= 0.3 is 0 Å². The zero-order valence-corrected chi connectivity index (χ0v) is 21.5. The molecule has 186 valence electrons. The third-order valence-corrected chi connectivity index (χ3v) is 7.28. The van der Waals surface area contributed by atoms with Gasteiger partial charge in [-0.1, -0.05) is 62.8 Å². The summed E-state index contributed by atoms with van der Waals surface area (Å²) in [6.45, 7) is 8.05. The molecular weight excluding hydrogens is 430 g/mol. The summed E-state index contributed by atoms with van der Waals surface area (Å²) in [6, 6.07) is 15.5. The Balaban J connectivity index is 1.80. The lowest BCUT2D eigenvalue weighted by Gasteiger charge is -2.37. The standard InChI is InChI=1S/C31H41N3O/c1-3-4-12-31(35)29-15-16-30(28-17-20-33-22-24(2)13-14-27(28)29)34(26-11-8-19-32-23-26)21-18-25-9-6-5-7-10-25/h5-7,9-10,14-17,22,24,26,32H,3-4,8,11-13,18-21,23H2,1-2H3. The van der Waals surface area contributed by atoms with Crippen molar-refractivity contribution in [3.8, 4) is 0 Å². The minimum Gasteiger partial charge on any atom is -0.366 e. The van der Waals surface area contributed by atoms with E-state index in [1.54, 1.807) is 0 Å². The van der Waals surface area contributed by atoms with Crippen molar-refractivity contribution in [3.05, 3.63) is 64.0 Å². The van der Waals surface area contributed by atoms with E-state index in [0.717, 1.165) is 56.1 Å². The normalized spacial score (nSPS) is 19.9. The van der Waals surface area contributed by atoms with Crippen LogP contribution in [-0.4, -0.2) is 44.2 Å². The maximum atomic E-state index is 13.2. The van der Waals surface area contributed by atoms with Gasteiger partial charge in [0.1, 0.15) is 0 Å². The number of benzene rings is 2. The second-order valence-electron chi connectivity index (χ2n) is 10.1. The summed E-state index contributed by atoms with van der Waals surface area (Å²) in [4.78, 5) is 20.5. The van der Waals surface area contributed by atoms with Crippen molar-refractivity contribution in [2.75, 3.05) is 31.1 Å². The fourth-order valence-corrected chi connectivity index (χ4v) is 5.27. The summed E-state index contributed by atoms with van der Waals surface area (Å²) in [7, 11) is 0. The monoisotopic (exact) mass is 471 g/mol. The van der Waals surface area contributed by atoms with Crippen molar-refractivity contribution < 1.29 is 4.79 Å². The van der Waals surface area contributed by atoms with Gasteiger partial charge in [-0.15, -0.1) is 0 Å². The third kappa shape index (κ3) is 6.70. The molecule has 2 aliphatic heterocycles. The van der Waals surface area contributed by atoms with Crippen molar-refractivity contribution in [1.82, 2.24) is 5.32 Å². The van der Waals surface area contributed by atoms with Gasteiger partial charge in [-0.05, 0) is 67.5 Å². The molecule has 0 spiro atoms. The van der Waals surface area contributed by atoms with Crippen LogP contribution in [0.2, 0.25) is 0 Å². The molecule has 1 fully saturated rings. The highest BCUT2D eigenvalue weighted by Crippen LogP contribution is 2.19.